The van der Waals surface area contributed by atoms with Crippen molar-refractivity contribution in [1.82, 2.24) is 4.90 Å². The predicted octanol–water partition coefficient (Wildman–Crippen LogP) is 1.22. The highest BCUT2D eigenvalue weighted by Gasteiger charge is 2.43. The maximum absolute atomic E-state index is 13.0. The number of alkyl halides is 2. The molecular weight excluding hydrogens is 192 g/mol. The Kier molecular flexibility index (Phi) is 3.18. The van der Waals surface area contributed by atoms with Gasteiger partial charge in [-0.15, -0.1) is 0 Å². The third kappa shape index (κ3) is 1.91. The molecule has 0 aliphatic carbocycles. The van der Waals surface area contributed by atoms with Crippen molar-refractivity contribution in [2.75, 3.05) is 6.54 Å². The summed E-state index contributed by atoms with van der Waals surface area (Å²) in [5.41, 5.74) is 0. The number of nitrogens with zero attached hydrogens (tertiary/aromatic N) is 1. The van der Waals surface area contributed by atoms with Crippen molar-refractivity contribution in [2.45, 2.75) is 38.2 Å². The highest BCUT2D eigenvalue weighted by atomic mass is 19.3. The minimum Gasteiger partial charge on any atom is -0.328 e. The van der Waals surface area contributed by atoms with Gasteiger partial charge in [-0.1, -0.05) is 6.92 Å². The van der Waals surface area contributed by atoms with Crippen LogP contribution in [0, 0.1) is 0 Å². The van der Waals surface area contributed by atoms with Crippen LogP contribution in [0.15, 0.2) is 0 Å². The van der Waals surface area contributed by atoms with Crippen LogP contribution in [0.1, 0.15) is 26.2 Å². The van der Waals surface area contributed by atoms with Crippen LogP contribution in [0.3, 0.4) is 0 Å². The lowest BCUT2D eigenvalue weighted by molar-refractivity contribution is -0.159. The molecule has 1 aliphatic heterocycles. The zero-order valence-corrected chi connectivity index (χ0v) is 8.00. The summed E-state index contributed by atoms with van der Waals surface area (Å²) in [5, 5.41) is 0. The largest absolute Gasteiger partial charge is 0.328 e. The van der Waals surface area contributed by atoms with E-state index in [0.717, 1.165) is 4.90 Å². The van der Waals surface area contributed by atoms with Gasteiger partial charge in [0.15, 0.2) is 0 Å². The second kappa shape index (κ2) is 4.02. The van der Waals surface area contributed by atoms with Gasteiger partial charge in [0.25, 0.3) is 5.91 Å². The van der Waals surface area contributed by atoms with Gasteiger partial charge in [0.2, 0.25) is 0 Å². The fraction of sp³-hybridized carbons (Fsp3) is 0.778. The SMILES string of the molecule is CCC(F)(F)C(=O)N1CCCC1C=O. The van der Waals surface area contributed by atoms with Crippen LogP contribution in [0.2, 0.25) is 0 Å². The van der Waals surface area contributed by atoms with E-state index < -0.39 is 24.3 Å². The third-order valence-corrected chi connectivity index (χ3v) is 2.47. The summed E-state index contributed by atoms with van der Waals surface area (Å²) < 4.78 is 26.0. The van der Waals surface area contributed by atoms with Gasteiger partial charge in [0, 0.05) is 13.0 Å². The molecule has 14 heavy (non-hydrogen) atoms. The Hall–Kier alpha value is -1.00. The first-order valence-electron chi connectivity index (χ1n) is 4.67. The molecule has 1 saturated heterocycles. The molecule has 1 unspecified atom stereocenters. The number of carbonyl (C=O) groups is 2. The summed E-state index contributed by atoms with van der Waals surface area (Å²) >= 11 is 0. The van der Waals surface area contributed by atoms with Crippen molar-refractivity contribution >= 4 is 12.2 Å². The molecule has 3 nitrogen and oxygen atoms in total. The van der Waals surface area contributed by atoms with Gasteiger partial charge in [-0.2, -0.15) is 8.78 Å². The van der Waals surface area contributed by atoms with Crippen molar-refractivity contribution in [3.05, 3.63) is 0 Å². The lowest BCUT2D eigenvalue weighted by atomic mass is 10.2. The summed E-state index contributed by atoms with van der Waals surface area (Å²) in [6.07, 6.45) is 1.16. The van der Waals surface area contributed by atoms with Gasteiger partial charge in [0.1, 0.15) is 6.29 Å². The van der Waals surface area contributed by atoms with Crippen molar-refractivity contribution < 1.29 is 18.4 Å². The van der Waals surface area contributed by atoms with Crippen LogP contribution in [0.25, 0.3) is 0 Å². The Labute approximate surface area is 81.1 Å². The summed E-state index contributed by atoms with van der Waals surface area (Å²) in [7, 11) is 0. The third-order valence-electron chi connectivity index (χ3n) is 2.47. The van der Waals surface area contributed by atoms with Crippen LogP contribution in [-0.2, 0) is 9.59 Å². The summed E-state index contributed by atoms with van der Waals surface area (Å²) in [6, 6.07) is -0.653. The number of carbonyl (C=O) groups excluding carboxylic acids is 2. The number of hydrogen-bond donors (Lipinski definition) is 0. The van der Waals surface area contributed by atoms with E-state index in [-0.39, 0.29) is 6.54 Å². The Bertz CT molecular complexity index is 243. The van der Waals surface area contributed by atoms with E-state index in [1.807, 2.05) is 0 Å². The topological polar surface area (TPSA) is 37.4 Å². The maximum atomic E-state index is 13.0. The number of likely N-dealkylation sites (tertiary alicyclic amines) is 1. The molecule has 1 amide bonds. The Morgan fingerprint density at radius 2 is 2.29 bits per heavy atom. The van der Waals surface area contributed by atoms with E-state index in [4.69, 9.17) is 0 Å². The van der Waals surface area contributed by atoms with Gasteiger partial charge in [-0.3, -0.25) is 4.79 Å². The fourth-order valence-corrected chi connectivity index (χ4v) is 1.55. The second-order valence-corrected chi connectivity index (χ2v) is 3.40. The monoisotopic (exact) mass is 205 g/mol. The van der Waals surface area contributed by atoms with Gasteiger partial charge >= 0.3 is 5.92 Å². The van der Waals surface area contributed by atoms with Gasteiger partial charge < -0.3 is 9.69 Å². The van der Waals surface area contributed by atoms with Crippen LogP contribution >= 0.6 is 0 Å². The molecule has 0 aromatic rings. The molecule has 0 aromatic carbocycles. The first-order chi connectivity index (χ1) is 6.53. The lowest BCUT2D eigenvalue weighted by Gasteiger charge is -2.24. The zero-order chi connectivity index (χ0) is 10.8. The summed E-state index contributed by atoms with van der Waals surface area (Å²) in [4.78, 5) is 22.8. The van der Waals surface area contributed by atoms with E-state index in [1.165, 1.54) is 6.92 Å². The minimum absolute atomic E-state index is 0.262. The van der Waals surface area contributed by atoms with E-state index in [2.05, 4.69) is 0 Å². The lowest BCUT2D eigenvalue weighted by Crippen LogP contribution is -2.46. The average Bonchev–Trinajstić information content (AvgIpc) is 2.64. The first-order valence-corrected chi connectivity index (χ1v) is 4.67. The predicted molar refractivity (Wildman–Crippen MR) is 46.0 cm³/mol. The first kappa shape index (κ1) is 11.1. The molecule has 1 fully saturated rings. The number of halogens is 2. The molecular formula is C9H13F2NO2. The molecule has 80 valence electrons. The quantitative estimate of drug-likeness (QED) is 0.650. The van der Waals surface area contributed by atoms with E-state index in [1.54, 1.807) is 0 Å². The number of hydrogen-bond acceptors (Lipinski definition) is 2. The molecule has 0 radical (unpaired) electrons. The van der Waals surface area contributed by atoms with Gasteiger partial charge in [-0.25, -0.2) is 0 Å². The van der Waals surface area contributed by atoms with Crippen molar-refractivity contribution in [3.8, 4) is 0 Å². The van der Waals surface area contributed by atoms with Crippen LogP contribution in [0.4, 0.5) is 8.78 Å². The molecule has 1 rings (SSSR count). The number of aldehydes is 1. The highest BCUT2D eigenvalue weighted by molar-refractivity contribution is 5.86. The fourth-order valence-electron chi connectivity index (χ4n) is 1.55. The summed E-state index contributed by atoms with van der Waals surface area (Å²) in [6.45, 7) is 1.52. The van der Waals surface area contributed by atoms with E-state index in [0.29, 0.717) is 19.1 Å². The van der Waals surface area contributed by atoms with Crippen molar-refractivity contribution in [1.29, 1.82) is 0 Å². The molecule has 0 saturated carbocycles. The number of amides is 1. The zero-order valence-electron chi connectivity index (χ0n) is 8.00. The molecule has 5 heteroatoms. The number of rotatable bonds is 3. The van der Waals surface area contributed by atoms with Crippen LogP contribution in [0.5, 0.6) is 0 Å². The Morgan fingerprint density at radius 1 is 1.64 bits per heavy atom. The van der Waals surface area contributed by atoms with Gasteiger partial charge in [-0.05, 0) is 12.8 Å². The molecule has 0 bridgehead atoms. The van der Waals surface area contributed by atoms with Crippen LogP contribution in [-0.4, -0.2) is 35.6 Å². The molecule has 1 atom stereocenters. The van der Waals surface area contributed by atoms with Crippen molar-refractivity contribution in [2.24, 2.45) is 0 Å². The molecule has 1 aliphatic rings. The Morgan fingerprint density at radius 3 is 2.79 bits per heavy atom. The standard InChI is InChI=1S/C9H13F2NO2/c1-2-9(10,11)8(14)12-5-3-4-7(12)6-13/h6-7H,2-5H2,1H3. The van der Waals surface area contributed by atoms with Crippen LogP contribution < -0.4 is 0 Å². The van der Waals surface area contributed by atoms with Gasteiger partial charge in [0.05, 0.1) is 6.04 Å². The van der Waals surface area contributed by atoms with Crippen molar-refractivity contribution in [3.63, 3.8) is 0 Å². The molecule has 0 spiro atoms. The minimum atomic E-state index is -3.33. The van der Waals surface area contributed by atoms with E-state index in [9.17, 15) is 18.4 Å². The van der Waals surface area contributed by atoms with E-state index >= 15 is 0 Å². The highest BCUT2D eigenvalue weighted by Crippen LogP contribution is 2.26. The maximum Gasteiger partial charge on any atom is 0.324 e. The molecule has 1 heterocycles. The Balaban J connectivity index is 2.73. The summed E-state index contributed by atoms with van der Waals surface area (Å²) in [5.74, 6) is -4.54. The smallest absolute Gasteiger partial charge is 0.324 e. The molecule has 0 aromatic heterocycles. The normalized spacial score (nSPS) is 22.5. The second-order valence-electron chi connectivity index (χ2n) is 3.40. The molecule has 0 N–H and O–H groups in total. The average molecular weight is 205 g/mol.